The van der Waals surface area contributed by atoms with E-state index in [4.69, 9.17) is 21.0 Å². The number of oxime groups is 1. The third-order valence-corrected chi connectivity index (χ3v) is 2.89. The molecule has 0 saturated heterocycles. The van der Waals surface area contributed by atoms with Crippen LogP contribution in [0.5, 0.6) is 0 Å². The van der Waals surface area contributed by atoms with E-state index in [2.05, 4.69) is 5.16 Å². The van der Waals surface area contributed by atoms with Crippen LogP contribution in [0.25, 0.3) is 0 Å². The van der Waals surface area contributed by atoms with Gasteiger partial charge in [0.05, 0.1) is 5.71 Å². The van der Waals surface area contributed by atoms with Gasteiger partial charge < -0.3 is 21.0 Å². The van der Waals surface area contributed by atoms with Crippen LogP contribution in [-0.4, -0.2) is 32.6 Å². The van der Waals surface area contributed by atoms with Gasteiger partial charge in [0.2, 0.25) is 0 Å². The number of rotatable bonds is 10. The van der Waals surface area contributed by atoms with Gasteiger partial charge in [0.25, 0.3) is 0 Å². The van der Waals surface area contributed by atoms with Crippen LogP contribution < -0.4 is 11.5 Å². The van der Waals surface area contributed by atoms with Gasteiger partial charge in [-0.3, -0.25) is 0 Å². The maximum absolute atomic E-state index is 5.70. The van der Waals surface area contributed by atoms with E-state index in [1.165, 1.54) is 0 Å². The SMILES string of the molecule is COCCCCCC(=NOCCN)c1ccc(N)cc1. The van der Waals surface area contributed by atoms with E-state index >= 15 is 0 Å². The van der Waals surface area contributed by atoms with Crippen molar-refractivity contribution in [2.45, 2.75) is 25.7 Å². The van der Waals surface area contributed by atoms with Crippen LogP contribution in [-0.2, 0) is 9.57 Å². The lowest BCUT2D eigenvalue weighted by Gasteiger charge is -2.07. The summed E-state index contributed by atoms with van der Waals surface area (Å²) in [6.45, 7) is 1.70. The summed E-state index contributed by atoms with van der Waals surface area (Å²) in [5.41, 5.74) is 13.8. The van der Waals surface area contributed by atoms with Crippen LogP contribution in [0.3, 0.4) is 0 Å². The van der Waals surface area contributed by atoms with Crippen molar-refractivity contribution in [2.24, 2.45) is 10.9 Å². The standard InChI is InChI=1S/C15H25N3O2/c1-19-11-4-2-3-5-15(18-20-12-10-16)13-6-8-14(17)9-7-13/h6-9H,2-5,10-12,16-17H2,1H3. The van der Waals surface area contributed by atoms with Crippen molar-refractivity contribution in [3.05, 3.63) is 29.8 Å². The fourth-order valence-electron chi connectivity index (χ4n) is 1.81. The van der Waals surface area contributed by atoms with Crippen LogP contribution in [0.15, 0.2) is 29.4 Å². The summed E-state index contributed by atoms with van der Waals surface area (Å²) >= 11 is 0. The second-order valence-electron chi connectivity index (χ2n) is 4.59. The third-order valence-electron chi connectivity index (χ3n) is 2.89. The predicted octanol–water partition coefficient (Wildman–Crippen LogP) is 2.16. The summed E-state index contributed by atoms with van der Waals surface area (Å²) in [4.78, 5) is 5.21. The van der Waals surface area contributed by atoms with E-state index in [1.807, 2.05) is 24.3 Å². The number of unbranched alkanes of at least 4 members (excludes halogenated alkanes) is 2. The molecule has 0 atom stereocenters. The molecule has 0 bridgehead atoms. The van der Waals surface area contributed by atoms with E-state index in [9.17, 15) is 0 Å². The molecular weight excluding hydrogens is 254 g/mol. The minimum Gasteiger partial charge on any atom is -0.399 e. The summed E-state index contributed by atoms with van der Waals surface area (Å²) < 4.78 is 5.04. The highest BCUT2D eigenvalue weighted by molar-refractivity contribution is 6.00. The number of nitrogens with zero attached hydrogens (tertiary/aromatic N) is 1. The van der Waals surface area contributed by atoms with Crippen LogP contribution >= 0.6 is 0 Å². The topological polar surface area (TPSA) is 82.9 Å². The van der Waals surface area contributed by atoms with Gasteiger partial charge in [0.15, 0.2) is 0 Å². The highest BCUT2D eigenvalue weighted by Crippen LogP contribution is 2.12. The lowest BCUT2D eigenvalue weighted by molar-refractivity contribution is 0.151. The minimum absolute atomic E-state index is 0.433. The van der Waals surface area contributed by atoms with Gasteiger partial charge in [-0.05, 0) is 37.0 Å². The highest BCUT2D eigenvalue weighted by atomic mass is 16.6. The van der Waals surface area contributed by atoms with Gasteiger partial charge in [0.1, 0.15) is 6.61 Å². The highest BCUT2D eigenvalue weighted by Gasteiger charge is 2.05. The molecule has 1 aromatic rings. The number of nitrogen functional groups attached to an aromatic ring is 1. The van der Waals surface area contributed by atoms with Crippen LogP contribution in [0.2, 0.25) is 0 Å². The molecule has 5 heteroatoms. The molecule has 0 unspecified atom stereocenters. The molecule has 1 rings (SSSR count). The molecule has 5 nitrogen and oxygen atoms in total. The third kappa shape index (κ3) is 6.54. The zero-order valence-corrected chi connectivity index (χ0v) is 12.2. The number of benzene rings is 1. The Morgan fingerprint density at radius 1 is 1.10 bits per heavy atom. The molecule has 0 aliphatic heterocycles. The Morgan fingerprint density at radius 2 is 1.85 bits per heavy atom. The first kappa shape index (κ1) is 16.5. The molecule has 112 valence electrons. The van der Waals surface area contributed by atoms with E-state index in [0.717, 1.165) is 49.3 Å². The molecule has 0 heterocycles. The molecule has 0 aliphatic rings. The second-order valence-corrected chi connectivity index (χ2v) is 4.59. The fraction of sp³-hybridized carbons (Fsp3) is 0.533. The number of hydrogen-bond acceptors (Lipinski definition) is 5. The zero-order valence-electron chi connectivity index (χ0n) is 12.2. The van der Waals surface area contributed by atoms with Crippen LogP contribution in [0, 0.1) is 0 Å². The van der Waals surface area contributed by atoms with Gasteiger partial charge >= 0.3 is 0 Å². The van der Waals surface area contributed by atoms with Crippen molar-refractivity contribution in [1.82, 2.24) is 0 Å². The first-order chi connectivity index (χ1) is 9.77. The van der Waals surface area contributed by atoms with Crippen molar-refractivity contribution in [1.29, 1.82) is 0 Å². The number of anilines is 1. The van der Waals surface area contributed by atoms with E-state index in [0.29, 0.717) is 13.2 Å². The maximum atomic E-state index is 5.70. The molecule has 0 fully saturated rings. The number of nitrogens with two attached hydrogens (primary N) is 2. The number of hydrogen-bond donors (Lipinski definition) is 2. The van der Waals surface area contributed by atoms with E-state index in [-0.39, 0.29) is 0 Å². The van der Waals surface area contributed by atoms with E-state index in [1.54, 1.807) is 7.11 Å². The molecule has 0 spiro atoms. The molecule has 0 saturated carbocycles. The summed E-state index contributed by atoms with van der Waals surface area (Å²) in [5, 5.41) is 4.20. The predicted molar refractivity (Wildman–Crippen MR) is 82.7 cm³/mol. The Labute approximate surface area is 120 Å². The molecular formula is C15H25N3O2. The molecule has 1 aromatic carbocycles. The summed E-state index contributed by atoms with van der Waals surface area (Å²) in [6.07, 6.45) is 4.10. The zero-order chi connectivity index (χ0) is 14.6. The Hall–Kier alpha value is -1.59. The number of ether oxygens (including phenoxy) is 1. The molecule has 0 aromatic heterocycles. The average molecular weight is 279 g/mol. The normalized spacial score (nSPS) is 11.6. The van der Waals surface area contributed by atoms with Crippen LogP contribution in [0.1, 0.15) is 31.2 Å². The summed E-state index contributed by atoms with van der Waals surface area (Å²) in [7, 11) is 1.72. The van der Waals surface area contributed by atoms with Crippen molar-refractivity contribution < 1.29 is 9.57 Å². The lowest BCUT2D eigenvalue weighted by atomic mass is 10.0. The van der Waals surface area contributed by atoms with Gasteiger partial charge in [-0.1, -0.05) is 23.7 Å². The Morgan fingerprint density at radius 3 is 2.50 bits per heavy atom. The van der Waals surface area contributed by atoms with Gasteiger partial charge in [-0.25, -0.2) is 0 Å². The Balaban J connectivity index is 2.56. The number of methoxy groups -OCH3 is 1. The first-order valence-corrected chi connectivity index (χ1v) is 7.01. The van der Waals surface area contributed by atoms with Gasteiger partial charge in [0, 0.05) is 25.9 Å². The Bertz CT molecular complexity index is 391. The first-order valence-electron chi connectivity index (χ1n) is 7.01. The lowest BCUT2D eigenvalue weighted by Crippen LogP contribution is -2.08. The Kier molecular flexibility index (Phi) is 8.42. The van der Waals surface area contributed by atoms with Crippen LogP contribution in [0.4, 0.5) is 5.69 Å². The smallest absolute Gasteiger partial charge is 0.129 e. The largest absolute Gasteiger partial charge is 0.399 e. The van der Waals surface area contributed by atoms with Gasteiger partial charge in [-0.2, -0.15) is 0 Å². The summed E-state index contributed by atoms with van der Waals surface area (Å²) in [5.74, 6) is 0. The fourth-order valence-corrected chi connectivity index (χ4v) is 1.81. The molecule has 0 aliphatic carbocycles. The van der Waals surface area contributed by atoms with E-state index < -0.39 is 0 Å². The monoisotopic (exact) mass is 279 g/mol. The second kappa shape index (κ2) is 10.2. The molecule has 0 radical (unpaired) electrons. The summed E-state index contributed by atoms with van der Waals surface area (Å²) in [6, 6.07) is 7.68. The van der Waals surface area contributed by atoms with Gasteiger partial charge in [-0.15, -0.1) is 0 Å². The quantitative estimate of drug-likeness (QED) is 0.297. The molecule has 0 amide bonds. The van der Waals surface area contributed by atoms with Crippen molar-refractivity contribution in [3.63, 3.8) is 0 Å². The van der Waals surface area contributed by atoms with Crippen molar-refractivity contribution >= 4 is 11.4 Å². The van der Waals surface area contributed by atoms with Crippen molar-refractivity contribution in [2.75, 3.05) is 32.6 Å². The van der Waals surface area contributed by atoms with Crippen molar-refractivity contribution in [3.8, 4) is 0 Å². The average Bonchev–Trinajstić information content (AvgIpc) is 2.46. The maximum Gasteiger partial charge on any atom is 0.129 e. The minimum atomic E-state index is 0.433. The molecule has 20 heavy (non-hydrogen) atoms. The molecule has 4 N–H and O–H groups in total.